The quantitative estimate of drug-likeness (QED) is 0.857. The van der Waals surface area contributed by atoms with Gasteiger partial charge < -0.3 is 10.0 Å². The number of rotatable bonds is 5. The van der Waals surface area contributed by atoms with Crippen molar-refractivity contribution in [3.05, 3.63) is 35.4 Å². The second-order valence-electron chi connectivity index (χ2n) is 4.77. The van der Waals surface area contributed by atoms with Crippen molar-refractivity contribution >= 4 is 11.9 Å². The van der Waals surface area contributed by atoms with Gasteiger partial charge in [0.25, 0.3) is 0 Å². The van der Waals surface area contributed by atoms with E-state index in [-0.39, 0.29) is 5.75 Å². The Bertz CT molecular complexity index is 624. The van der Waals surface area contributed by atoms with Crippen molar-refractivity contribution in [2.45, 2.75) is 27.7 Å². The zero-order valence-corrected chi connectivity index (χ0v) is 12.9. The Morgan fingerprint density at radius 3 is 2.33 bits per heavy atom. The lowest BCUT2D eigenvalue weighted by Gasteiger charge is -2.21. The van der Waals surface area contributed by atoms with Crippen LogP contribution in [-0.4, -0.2) is 39.3 Å². The van der Waals surface area contributed by atoms with Crippen LogP contribution in [0.4, 0.5) is 5.69 Å². The second-order valence-corrected chi connectivity index (χ2v) is 4.77. The first-order valence-corrected chi connectivity index (χ1v) is 7.07. The van der Waals surface area contributed by atoms with Crippen LogP contribution in [0.15, 0.2) is 23.3 Å². The number of phenols is 1. The Hall–Kier alpha value is -2.37. The van der Waals surface area contributed by atoms with Gasteiger partial charge in [0, 0.05) is 30.4 Å². The number of aryl methyl sites for hydroxylation is 2. The normalized spacial score (nSPS) is 11.2. The summed E-state index contributed by atoms with van der Waals surface area (Å²) in [6.07, 6.45) is 1.62. The van der Waals surface area contributed by atoms with Crippen LogP contribution in [-0.2, 0) is 0 Å². The van der Waals surface area contributed by atoms with Crippen molar-refractivity contribution < 1.29 is 5.11 Å². The third-order valence-electron chi connectivity index (χ3n) is 3.41. The average Bonchev–Trinajstić information content (AvgIpc) is 2.79. The second kappa shape index (κ2) is 6.39. The predicted octanol–water partition coefficient (Wildman–Crippen LogP) is 2.33. The molecular weight excluding hydrogens is 266 g/mol. The maximum Gasteiger partial charge on any atom is 0.151 e. The van der Waals surface area contributed by atoms with Gasteiger partial charge in [-0.3, -0.25) is 0 Å². The standard InChI is InChI=1S/C15H21N5O/c1-5-19(6-2)14-8-7-13(15(21)9-14)10-16-20-11(3)17-18-12(20)4/h7-10,21H,5-6H2,1-4H3/b16-10-. The molecule has 0 unspecified atom stereocenters. The van der Waals surface area contributed by atoms with E-state index < -0.39 is 0 Å². The highest BCUT2D eigenvalue weighted by molar-refractivity contribution is 5.84. The van der Waals surface area contributed by atoms with Gasteiger partial charge in [-0.25, -0.2) is 4.68 Å². The van der Waals surface area contributed by atoms with Gasteiger partial charge in [0.2, 0.25) is 0 Å². The summed E-state index contributed by atoms with van der Waals surface area (Å²) >= 11 is 0. The fraction of sp³-hybridized carbons (Fsp3) is 0.400. The summed E-state index contributed by atoms with van der Waals surface area (Å²) < 4.78 is 1.64. The van der Waals surface area contributed by atoms with E-state index in [2.05, 4.69) is 34.0 Å². The molecule has 1 heterocycles. The number of hydrogen-bond donors (Lipinski definition) is 1. The molecule has 0 spiro atoms. The van der Waals surface area contributed by atoms with Crippen molar-refractivity contribution in [3.63, 3.8) is 0 Å². The number of anilines is 1. The van der Waals surface area contributed by atoms with Crippen molar-refractivity contribution in [2.24, 2.45) is 5.10 Å². The molecule has 0 atom stereocenters. The molecule has 0 amide bonds. The zero-order chi connectivity index (χ0) is 15.4. The van der Waals surface area contributed by atoms with Gasteiger partial charge >= 0.3 is 0 Å². The molecular formula is C15H21N5O. The van der Waals surface area contributed by atoms with Gasteiger partial charge in [0.1, 0.15) is 5.75 Å². The Labute approximate surface area is 124 Å². The molecule has 0 aliphatic carbocycles. The Morgan fingerprint density at radius 1 is 1.19 bits per heavy atom. The summed E-state index contributed by atoms with van der Waals surface area (Å²) in [5.41, 5.74) is 1.67. The first kappa shape index (κ1) is 15.0. The lowest BCUT2D eigenvalue weighted by atomic mass is 10.2. The van der Waals surface area contributed by atoms with Crippen molar-refractivity contribution in [2.75, 3.05) is 18.0 Å². The first-order chi connectivity index (χ1) is 10.1. The van der Waals surface area contributed by atoms with Crippen LogP contribution in [0.5, 0.6) is 5.75 Å². The minimum Gasteiger partial charge on any atom is -0.507 e. The van der Waals surface area contributed by atoms with E-state index in [1.54, 1.807) is 17.0 Å². The number of phenolic OH excluding ortho intramolecular Hbond substituents is 1. The molecule has 0 aliphatic rings. The number of aromatic hydroxyl groups is 1. The van der Waals surface area contributed by atoms with E-state index in [1.807, 2.05) is 26.0 Å². The summed E-state index contributed by atoms with van der Waals surface area (Å²) in [5.74, 6) is 1.64. The fourth-order valence-corrected chi connectivity index (χ4v) is 2.18. The fourth-order valence-electron chi connectivity index (χ4n) is 2.18. The highest BCUT2D eigenvalue weighted by Crippen LogP contribution is 2.23. The van der Waals surface area contributed by atoms with Crippen LogP contribution in [0.1, 0.15) is 31.1 Å². The van der Waals surface area contributed by atoms with Gasteiger partial charge in [-0.2, -0.15) is 5.10 Å². The molecule has 1 N–H and O–H groups in total. The highest BCUT2D eigenvalue weighted by atomic mass is 16.3. The van der Waals surface area contributed by atoms with Gasteiger partial charge in [-0.15, -0.1) is 10.2 Å². The van der Waals surface area contributed by atoms with Crippen LogP contribution in [0.3, 0.4) is 0 Å². The van der Waals surface area contributed by atoms with E-state index in [1.165, 1.54) is 0 Å². The summed E-state index contributed by atoms with van der Waals surface area (Å²) in [4.78, 5) is 2.18. The summed E-state index contributed by atoms with van der Waals surface area (Å²) in [7, 11) is 0. The van der Waals surface area contributed by atoms with Crippen LogP contribution < -0.4 is 4.90 Å². The average molecular weight is 287 g/mol. The summed E-state index contributed by atoms with van der Waals surface area (Å²) in [6, 6.07) is 5.61. The minimum atomic E-state index is 0.214. The summed E-state index contributed by atoms with van der Waals surface area (Å²) in [5, 5.41) is 22.3. The highest BCUT2D eigenvalue weighted by Gasteiger charge is 2.06. The Morgan fingerprint density at radius 2 is 1.81 bits per heavy atom. The van der Waals surface area contributed by atoms with E-state index in [4.69, 9.17) is 0 Å². The number of benzene rings is 1. The van der Waals surface area contributed by atoms with Gasteiger partial charge in [0.05, 0.1) is 6.21 Å². The molecule has 6 heteroatoms. The van der Waals surface area contributed by atoms with Crippen LogP contribution >= 0.6 is 0 Å². The third-order valence-corrected chi connectivity index (χ3v) is 3.41. The topological polar surface area (TPSA) is 66.5 Å². The Balaban J connectivity index is 2.26. The van der Waals surface area contributed by atoms with Gasteiger partial charge in [-0.05, 0) is 39.8 Å². The maximum absolute atomic E-state index is 10.1. The lowest BCUT2D eigenvalue weighted by Crippen LogP contribution is -2.21. The smallest absolute Gasteiger partial charge is 0.151 e. The van der Waals surface area contributed by atoms with Crippen LogP contribution in [0.25, 0.3) is 0 Å². The number of aromatic nitrogens is 3. The number of hydrogen-bond acceptors (Lipinski definition) is 5. The summed E-state index contributed by atoms with van der Waals surface area (Å²) in [6.45, 7) is 9.66. The molecule has 0 saturated carbocycles. The van der Waals surface area contributed by atoms with E-state index in [0.717, 1.165) is 18.8 Å². The maximum atomic E-state index is 10.1. The monoisotopic (exact) mass is 287 g/mol. The molecule has 21 heavy (non-hydrogen) atoms. The lowest BCUT2D eigenvalue weighted by molar-refractivity contribution is 0.474. The van der Waals surface area contributed by atoms with Crippen molar-refractivity contribution in [3.8, 4) is 5.75 Å². The molecule has 0 saturated heterocycles. The molecule has 1 aromatic heterocycles. The third kappa shape index (κ3) is 3.21. The number of nitrogens with zero attached hydrogens (tertiary/aromatic N) is 5. The molecule has 0 aliphatic heterocycles. The Kier molecular flexibility index (Phi) is 4.57. The minimum absolute atomic E-state index is 0.214. The molecule has 6 nitrogen and oxygen atoms in total. The van der Waals surface area contributed by atoms with E-state index >= 15 is 0 Å². The van der Waals surface area contributed by atoms with E-state index in [9.17, 15) is 5.11 Å². The van der Waals surface area contributed by atoms with Crippen molar-refractivity contribution in [1.29, 1.82) is 0 Å². The zero-order valence-electron chi connectivity index (χ0n) is 12.9. The first-order valence-electron chi connectivity index (χ1n) is 7.07. The largest absolute Gasteiger partial charge is 0.507 e. The van der Waals surface area contributed by atoms with Gasteiger partial charge in [0.15, 0.2) is 11.6 Å². The van der Waals surface area contributed by atoms with E-state index in [0.29, 0.717) is 17.2 Å². The molecule has 0 radical (unpaired) electrons. The molecule has 112 valence electrons. The predicted molar refractivity (Wildman–Crippen MR) is 84.2 cm³/mol. The molecule has 0 bridgehead atoms. The molecule has 1 aromatic carbocycles. The SMILES string of the molecule is CCN(CC)c1ccc(/C=N\n2c(C)nnc2C)c(O)c1. The van der Waals surface area contributed by atoms with Crippen LogP contribution in [0, 0.1) is 13.8 Å². The van der Waals surface area contributed by atoms with Crippen LogP contribution in [0.2, 0.25) is 0 Å². The molecule has 2 aromatic rings. The van der Waals surface area contributed by atoms with Crippen molar-refractivity contribution in [1.82, 2.24) is 14.9 Å². The van der Waals surface area contributed by atoms with Gasteiger partial charge in [-0.1, -0.05) is 0 Å². The molecule has 2 rings (SSSR count). The molecule has 0 fully saturated rings.